The number of hydrogen-bond donors (Lipinski definition) is 1. The van der Waals surface area contributed by atoms with Gasteiger partial charge in [0, 0.05) is 5.92 Å². The molecule has 100 valence electrons. The molecule has 0 radical (unpaired) electrons. The van der Waals surface area contributed by atoms with Gasteiger partial charge in [-0.1, -0.05) is 25.3 Å². The van der Waals surface area contributed by atoms with Gasteiger partial charge in [-0.3, -0.25) is 0 Å². The maximum Gasteiger partial charge on any atom is 0.340 e. The third-order valence-corrected chi connectivity index (χ3v) is 3.93. The van der Waals surface area contributed by atoms with Crippen LogP contribution in [0.1, 0.15) is 54.2 Å². The lowest BCUT2D eigenvalue weighted by Crippen LogP contribution is -2.06. The van der Waals surface area contributed by atoms with Crippen LogP contribution in [0.4, 0.5) is 0 Å². The minimum atomic E-state index is -0.327. The van der Waals surface area contributed by atoms with E-state index in [9.17, 15) is 4.79 Å². The van der Waals surface area contributed by atoms with Crippen LogP contribution in [0, 0.1) is 0 Å². The standard InChI is InChI=1S/C15H18N2O2/c1-19-15(18)11-8-5-9-12-13(11)17-14(16-12)10-6-3-2-4-7-10/h5,8-10H,2-4,6-7H2,1H3,(H,16,17). The van der Waals surface area contributed by atoms with Crippen molar-refractivity contribution in [3.8, 4) is 0 Å². The number of aromatic nitrogens is 2. The van der Waals surface area contributed by atoms with Crippen LogP contribution in [0.25, 0.3) is 11.0 Å². The first-order valence-corrected chi connectivity index (χ1v) is 6.86. The fourth-order valence-electron chi connectivity index (χ4n) is 2.90. The van der Waals surface area contributed by atoms with Gasteiger partial charge in [0.25, 0.3) is 0 Å². The summed E-state index contributed by atoms with van der Waals surface area (Å²) in [5, 5.41) is 0. The number of benzene rings is 1. The lowest BCUT2D eigenvalue weighted by Gasteiger charge is -2.18. The van der Waals surface area contributed by atoms with Crippen molar-refractivity contribution in [3.63, 3.8) is 0 Å². The van der Waals surface area contributed by atoms with Gasteiger partial charge < -0.3 is 9.72 Å². The summed E-state index contributed by atoms with van der Waals surface area (Å²) in [5.41, 5.74) is 2.19. The lowest BCUT2D eigenvalue weighted by molar-refractivity contribution is 0.0603. The molecule has 1 saturated carbocycles. The number of hydrogen-bond acceptors (Lipinski definition) is 3. The topological polar surface area (TPSA) is 55.0 Å². The molecule has 2 aromatic rings. The average molecular weight is 258 g/mol. The van der Waals surface area contributed by atoms with Crippen LogP contribution in [0.3, 0.4) is 0 Å². The van der Waals surface area contributed by atoms with Crippen LogP contribution in [0.15, 0.2) is 18.2 Å². The molecular weight excluding hydrogens is 240 g/mol. The zero-order valence-corrected chi connectivity index (χ0v) is 11.1. The number of nitrogens with one attached hydrogen (secondary N) is 1. The number of rotatable bonds is 2. The third-order valence-electron chi connectivity index (χ3n) is 3.93. The maximum atomic E-state index is 11.7. The highest BCUT2D eigenvalue weighted by Crippen LogP contribution is 2.32. The molecule has 4 heteroatoms. The molecule has 1 aliphatic carbocycles. The van der Waals surface area contributed by atoms with Crippen molar-refractivity contribution in [1.29, 1.82) is 0 Å². The van der Waals surface area contributed by atoms with Crippen molar-refractivity contribution in [2.45, 2.75) is 38.0 Å². The van der Waals surface area contributed by atoms with Gasteiger partial charge in [0.1, 0.15) is 11.3 Å². The number of esters is 1. The van der Waals surface area contributed by atoms with Crippen molar-refractivity contribution in [1.82, 2.24) is 9.97 Å². The van der Waals surface area contributed by atoms with Gasteiger partial charge in [-0.05, 0) is 25.0 Å². The molecule has 0 spiro atoms. The van der Waals surface area contributed by atoms with Gasteiger partial charge in [0.15, 0.2) is 0 Å². The van der Waals surface area contributed by atoms with Crippen LogP contribution in [0.5, 0.6) is 0 Å². The van der Waals surface area contributed by atoms with Gasteiger partial charge in [0.2, 0.25) is 0 Å². The van der Waals surface area contributed by atoms with E-state index in [4.69, 9.17) is 4.74 Å². The largest absolute Gasteiger partial charge is 0.465 e. The maximum absolute atomic E-state index is 11.7. The fourth-order valence-corrected chi connectivity index (χ4v) is 2.90. The Hall–Kier alpha value is -1.84. The molecule has 0 atom stereocenters. The highest BCUT2D eigenvalue weighted by atomic mass is 16.5. The predicted molar refractivity (Wildman–Crippen MR) is 73.3 cm³/mol. The number of carbonyl (C=O) groups is 1. The van der Waals surface area contributed by atoms with Crippen LogP contribution < -0.4 is 0 Å². The fraction of sp³-hybridized carbons (Fsp3) is 0.467. The minimum Gasteiger partial charge on any atom is -0.465 e. The highest BCUT2D eigenvalue weighted by molar-refractivity contribution is 6.01. The van der Waals surface area contributed by atoms with Gasteiger partial charge in [0.05, 0.1) is 18.2 Å². The normalized spacial score (nSPS) is 16.7. The van der Waals surface area contributed by atoms with Crippen LogP contribution in [-0.2, 0) is 4.74 Å². The average Bonchev–Trinajstić information content (AvgIpc) is 2.91. The SMILES string of the molecule is COC(=O)c1cccc2[nH]c(C3CCCCC3)nc12. The summed E-state index contributed by atoms with van der Waals surface area (Å²) in [6.45, 7) is 0. The molecule has 1 aromatic heterocycles. The summed E-state index contributed by atoms with van der Waals surface area (Å²) in [5.74, 6) is 1.20. The summed E-state index contributed by atoms with van der Waals surface area (Å²) >= 11 is 0. The predicted octanol–water partition coefficient (Wildman–Crippen LogP) is 3.40. The number of imidazole rings is 1. The Morgan fingerprint density at radius 3 is 2.84 bits per heavy atom. The summed E-state index contributed by atoms with van der Waals surface area (Å²) in [6.07, 6.45) is 6.24. The van der Waals surface area contributed by atoms with E-state index >= 15 is 0 Å². The monoisotopic (exact) mass is 258 g/mol. The highest BCUT2D eigenvalue weighted by Gasteiger charge is 2.20. The van der Waals surface area contributed by atoms with Gasteiger partial charge >= 0.3 is 5.97 Å². The number of aromatic amines is 1. The first kappa shape index (κ1) is 12.2. The molecule has 1 heterocycles. The van der Waals surface area contributed by atoms with Crippen molar-refractivity contribution in [3.05, 3.63) is 29.6 Å². The lowest BCUT2D eigenvalue weighted by atomic mass is 9.89. The Morgan fingerprint density at radius 1 is 1.32 bits per heavy atom. The van der Waals surface area contributed by atoms with Gasteiger partial charge in [-0.15, -0.1) is 0 Å². The van der Waals surface area contributed by atoms with E-state index < -0.39 is 0 Å². The second-order valence-corrected chi connectivity index (χ2v) is 5.15. The van der Waals surface area contributed by atoms with E-state index in [1.807, 2.05) is 12.1 Å². The van der Waals surface area contributed by atoms with Crippen molar-refractivity contribution < 1.29 is 9.53 Å². The second kappa shape index (κ2) is 5.03. The van der Waals surface area contributed by atoms with E-state index in [0.29, 0.717) is 11.5 Å². The minimum absolute atomic E-state index is 0.327. The Bertz CT molecular complexity index is 597. The number of nitrogens with zero attached hydrogens (tertiary/aromatic N) is 1. The Balaban J connectivity index is 2.02. The number of ether oxygens (including phenoxy) is 1. The number of H-pyrrole nitrogens is 1. The quantitative estimate of drug-likeness (QED) is 0.840. The van der Waals surface area contributed by atoms with E-state index in [0.717, 1.165) is 16.9 Å². The van der Waals surface area contributed by atoms with Gasteiger partial charge in [-0.25, -0.2) is 9.78 Å². The van der Waals surface area contributed by atoms with Crippen molar-refractivity contribution in [2.24, 2.45) is 0 Å². The Morgan fingerprint density at radius 2 is 2.11 bits per heavy atom. The molecular formula is C15H18N2O2. The molecule has 0 saturated heterocycles. The molecule has 3 rings (SSSR count). The first-order valence-electron chi connectivity index (χ1n) is 6.86. The molecule has 4 nitrogen and oxygen atoms in total. The van der Waals surface area contributed by atoms with Crippen LogP contribution in [-0.4, -0.2) is 23.0 Å². The van der Waals surface area contributed by atoms with E-state index in [2.05, 4.69) is 9.97 Å². The zero-order chi connectivity index (χ0) is 13.2. The molecule has 0 amide bonds. The van der Waals surface area contributed by atoms with Gasteiger partial charge in [-0.2, -0.15) is 0 Å². The second-order valence-electron chi connectivity index (χ2n) is 5.15. The molecule has 1 aromatic carbocycles. The Kier molecular flexibility index (Phi) is 3.23. The molecule has 1 aliphatic rings. The zero-order valence-electron chi connectivity index (χ0n) is 11.1. The smallest absolute Gasteiger partial charge is 0.340 e. The molecule has 0 aliphatic heterocycles. The van der Waals surface area contributed by atoms with Crippen LogP contribution in [0.2, 0.25) is 0 Å². The number of para-hydroxylation sites is 1. The molecule has 19 heavy (non-hydrogen) atoms. The number of fused-ring (bicyclic) bond motifs is 1. The van der Waals surface area contributed by atoms with E-state index in [1.54, 1.807) is 6.07 Å². The summed E-state index contributed by atoms with van der Waals surface area (Å²) in [4.78, 5) is 19.8. The summed E-state index contributed by atoms with van der Waals surface area (Å²) in [6, 6.07) is 5.58. The third kappa shape index (κ3) is 2.23. The van der Waals surface area contributed by atoms with Crippen molar-refractivity contribution >= 4 is 17.0 Å². The van der Waals surface area contributed by atoms with E-state index in [-0.39, 0.29) is 5.97 Å². The van der Waals surface area contributed by atoms with Crippen molar-refractivity contribution in [2.75, 3.05) is 7.11 Å². The molecule has 1 N–H and O–H groups in total. The summed E-state index contributed by atoms with van der Waals surface area (Å²) < 4.78 is 4.81. The van der Waals surface area contributed by atoms with E-state index in [1.165, 1.54) is 39.2 Å². The molecule has 1 fully saturated rings. The number of carbonyl (C=O) groups excluding carboxylic acids is 1. The Labute approximate surface area is 112 Å². The molecule has 0 unspecified atom stereocenters. The first-order chi connectivity index (χ1) is 9.29. The molecule has 0 bridgehead atoms. The van der Waals surface area contributed by atoms with Crippen LogP contribution >= 0.6 is 0 Å². The summed E-state index contributed by atoms with van der Waals surface area (Å²) in [7, 11) is 1.40. The number of methoxy groups -OCH3 is 1.